The van der Waals surface area contributed by atoms with Gasteiger partial charge < -0.3 is 15.0 Å². The van der Waals surface area contributed by atoms with Crippen molar-refractivity contribution in [2.45, 2.75) is 38.6 Å². The zero-order valence-corrected chi connectivity index (χ0v) is 16.9. The van der Waals surface area contributed by atoms with Crippen molar-refractivity contribution in [1.82, 2.24) is 10.3 Å². The summed E-state index contributed by atoms with van der Waals surface area (Å²) in [6.45, 7) is 1.37. The molecule has 0 unspecified atom stereocenters. The number of amides is 2. The third-order valence-corrected chi connectivity index (χ3v) is 4.83. The largest absolute Gasteiger partial charge is 0.477 e. The summed E-state index contributed by atoms with van der Waals surface area (Å²) in [7, 11) is 0. The number of hydrogen-bond donors (Lipinski definition) is 1. The van der Waals surface area contributed by atoms with Gasteiger partial charge >= 0.3 is 0 Å². The molecule has 1 aromatic carbocycles. The number of para-hydroxylation sites is 1. The summed E-state index contributed by atoms with van der Waals surface area (Å²) < 4.78 is 5.60. The van der Waals surface area contributed by atoms with Crippen LogP contribution in [0.4, 0.5) is 5.69 Å². The molecule has 0 bridgehead atoms. The molecule has 30 heavy (non-hydrogen) atoms. The molecular formula is C23H26N4O3. The van der Waals surface area contributed by atoms with E-state index in [2.05, 4.69) is 16.4 Å². The summed E-state index contributed by atoms with van der Waals surface area (Å²) >= 11 is 0. The maximum atomic E-state index is 12.6. The third kappa shape index (κ3) is 6.89. The van der Waals surface area contributed by atoms with Gasteiger partial charge in [-0.25, -0.2) is 4.98 Å². The van der Waals surface area contributed by atoms with E-state index in [1.807, 2.05) is 36.4 Å². The predicted molar refractivity (Wildman–Crippen MR) is 113 cm³/mol. The molecule has 1 saturated carbocycles. The summed E-state index contributed by atoms with van der Waals surface area (Å²) in [6, 6.07) is 14.9. The molecule has 0 atom stereocenters. The Kier molecular flexibility index (Phi) is 7.78. The minimum Gasteiger partial charge on any atom is -0.477 e. The molecule has 0 aliphatic heterocycles. The highest BCUT2D eigenvalue weighted by Gasteiger charge is 2.22. The Balaban J connectivity index is 1.42. The van der Waals surface area contributed by atoms with E-state index < -0.39 is 0 Å². The molecule has 1 aliphatic rings. The van der Waals surface area contributed by atoms with Gasteiger partial charge in [0.25, 0.3) is 0 Å². The van der Waals surface area contributed by atoms with Crippen LogP contribution in [0.3, 0.4) is 0 Å². The summed E-state index contributed by atoms with van der Waals surface area (Å²) in [5, 5.41) is 11.7. The fraction of sp³-hybridized carbons (Fsp3) is 0.391. The normalized spacial score (nSPS) is 12.6. The van der Waals surface area contributed by atoms with Gasteiger partial charge in [-0.1, -0.05) is 24.3 Å². The van der Waals surface area contributed by atoms with Crippen molar-refractivity contribution in [3.05, 3.63) is 54.2 Å². The first-order valence-electron chi connectivity index (χ1n) is 10.2. The van der Waals surface area contributed by atoms with E-state index in [4.69, 9.17) is 10.00 Å². The van der Waals surface area contributed by atoms with Gasteiger partial charge in [0.2, 0.25) is 17.7 Å². The predicted octanol–water partition coefficient (Wildman–Crippen LogP) is 3.21. The number of hydrogen-bond acceptors (Lipinski definition) is 5. The number of rotatable bonds is 11. The minimum absolute atomic E-state index is 0.0817. The lowest BCUT2D eigenvalue weighted by molar-refractivity contribution is -0.125. The van der Waals surface area contributed by atoms with Crippen LogP contribution in [0, 0.1) is 17.2 Å². The van der Waals surface area contributed by atoms with Crippen molar-refractivity contribution in [1.29, 1.82) is 5.26 Å². The van der Waals surface area contributed by atoms with Crippen molar-refractivity contribution in [2.75, 3.05) is 18.1 Å². The van der Waals surface area contributed by atoms with Crippen molar-refractivity contribution in [3.63, 3.8) is 0 Å². The van der Waals surface area contributed by atoms with E-state index in [1.54, 1.807) is 17.2 Å². The van der Waals surface area contributed by atoms with Crippen LogP contribution in [0.2, 0.25) is 0 Å². The van der Waals surface area contributed by atoms with Crippen LogP contribution in [0.5, 0.6) is 5.88 Å². The van der Waals surface area contributed by atoms with Gasteiger partial charge in [0.05, 0.1) is 19.1 Å². The Morgan fingerprint density at radius 1 is 1.17 bits per heavy atom. The molecule has 1 fully saturated rings. The third-order valence-electron chi connectivity index (χ3n) is 4.83. The highest BCUT2D eigenvalue weighted by Crippen LogP contribution is 2.29. The quantitative estimate of drug-likeness (QED) is 0.618. The number of aromatic nitrogens is 1. The molecule has 1 N–H and O–H groups in total. The van der Waals surface area contributed by atoms with Crippen LogP contribution in [0.25, 0.3) is 0 Å². The maximum Gasteiger partial charge on any atom is 0.227 e. The number of carbonyl (C=O) groups excluding carboxylic acids is 2. The Morgan fingerprint density at radius 3 is 2.63 bits per heavy atom. The topological polar surface area (TPSA) is 95.3 Å². The van der Waals surface area contributed by atoms with Crippen LogP contribution in [-0.4, -0.2) is 29.9 Å². The number of ether oxygens (including phenoxy) is 1. The van der Waals surface area contributed by atoms with Crippen molar-refractivity contribution < 1.29 is 14.3 Å². The Labute approximate surface area is 176 Å². The summed E-state index contributed by atoms with van der Waals surface area (Å²) in [4.78, 5) is 30.6. The van der Waals surface area contributed by atoms with Crippen molar-refractivity contribution in [2.24, 2.45) is 5.92 Å². The minimum atomic E-state index is -0.203. The second kappa shape index (κ2) is 11.0. The molecule has 0 saturated heterocycles. The fourth-order valence-corrected chi connectivity index (χ4v) is 2.90. The monoisotopic (exact) mass is 406 g/mol. The standard InChI is InChI=1S/C23H26N4O3/c24-13-4-14-27(20-5-2-1-3-6-20)23(29)12-10-21(28)25-15-19-9-11-22(26-16-19)30-17-18-7-8-18/h1-3,5-6,9,11,16,18H,4,7-8,10,12,14-15,17H2,(H,25,28). The molecule has 2 aromatic rings. The van der Waals surface area contributed by atoms with Gasteiger partial charge in [0, 0.05) is 43.9 Å². The number of nitriles is 1. The van der Waals surface area contributed by atoms with Gasteiger partial charge in [-0.2, -0.15) is 5.26 Å². The smallest absolute Gasteiger partial charge is 0.227 e. The highest BCUT2D eigenvalue weighted by molar-refractivity contribution is 5.95. The van der Waals surface area contributed by atoms with Crippen LogP contribution >= 0.6 is 0 Å². The van der Waals surface area contributed by atoms with E-state index in [-0.39, 0.29) is 31.1 Å². The first kappa shape index (κ1) is 21.3. The Bertz CT molecular complexity index is 874. The highest BCUT2D eigenvalue weighted by atomic mass is 16.5. The zero-order valence-electron chi connectivity index (χ0n) is 16.9. The first-order chi connectivity index (χ1) is 14.7. The average molecular weight is 406 g/mol. The molecule has 1 aliphatic carbocycles. The van der Waals surface area contributed by atoms with Crippen LogP contribution in [-0.2, 0) is 16.1 Å². The van der Waals surface area contributed by atoms with Crippen LogP contribution in [0.1, 0.15) is 37.7 Å². The van der Waals surface area contributed by atoms with Crippen LogP contribution < -0.4 is 15.0 Å². The van der Waals surface area contributed by atoms with Crippen molar-refractivity contribution in [3.8, 4) is 11.9 Å². The zero-order chi connectivity index (χ0) is 21.2. The average Bonchev–Trinajstić information content (AvgIpc) is 3.61. The molecule has 156 valence electrons. The summed E-state index contributed by atoms with van der Waals surface area (Å²) in [6.07, 6.45) is 4.55. The van der Waals surface area contributed by atoms with Gasteiger partial charge in [-0.05, 0) is 36.5 Å². The van der Waals surface area contributed by atoms with Crippen LogP contribution in [0.15, 0.2) is 48.7 Å². The molecule has 3 rings (SSSR count). The number of nitrogens with zero attached hydrogens (tertiary/aromatic N) is 3. The summed E-state index contributed by atoms with van der Waals surface area (Å²) in [5.74, 6) is 0.892. The van der Waals surface area contributed by atoms with Gasteiger partial charge in [-0.3, -0.25) is 9.59 Å². The SMILES string of the molecule is N#CCCN(C(=O)CCC(=O)NCc1ccc(OCC2CC2)nc1)c1ccccc1. The van der Waals surface area contributed by atoms with Crippen molar-refractivity contribution >= 4 is 17.5 Å². The Hall–Kier alpha value is -3.40. The lowest BCUT2D eigenvalue weighted by atomic mass is 10.2. The lowest BCUT2D eigenvalue weighted by Crippen LogP contribution is -2.33. The molecule has 7 heteroatoms. The second-order valence-electron chi connectivity index (χ2n) is 7.32. The summed E-state index contributed by atoms with van der Waals surface area (Å²) in [5.41, 5.74) is 1.60. The molecular weight excluding hydrogens is 380 g/mol. The number of anilines is 1. The molecule has 0 spiro atoms. The van der Waals surface area contributed by atoms with Gasteiger partial charge in [-0.15, -0.1) is 0 Å². The van der Waals surface area contributed by atoms with Gasteiger partial charge in [0.15, 0.2) is 0 Å². The van der Waals surface area contributed by atoms with E-state index in [0.29, 0.717) is 31.5 Å². The molecule has 0 radical (unpaired) electrons. The van der Waals surface area contributed by atoms with E-state index >= 15 is 0 Å². The molecule has 7 nitrogen and oxygen atoms in total. The van der Waals surface area contributed by atoms with E-state index in [1.165, 1.54) is 12.8 Å². The van der Waals surface area contributed by atoms with E-state index in [9.17, 15) is 9.59 Å². The number of nitrogens with one attached hydrogen (secondary N) is 1. The van der Waals surface area contributed by atoms with Gasteiger partial charge in [0.1, 0.15) is 0 Å². The second-order valence-corrected chi connectivity index (χ2v) is 7.32. The molecule has 2 amide bonds. The molecule has 1 aromatic heterocycles. The first-order valence-corrected chi connectivity index (χ1v) is 10.2. The number of pyridine rings is 1. The van der Waals surface area contributed by atoms with E-state index in [0.717, 1.165) is 11.3 Å². The number of benzene rings is 1. The Morgan fingerprint density at radius 2 is 1.97 bits per heavy atom. The maximum absolute atomic E-state index is 12.6. The lowest BCUT2D eigenvalue weighted by Gasteiger charge is -2.21. The number of carbonyl (C=O) groups is 2. The fourth-order valence-electron chi connectivity index (χ4n) is 2.90. The molecule has 1 heterocycles.